The van der Waals surface area contributed by atoms with Gasteiger partial charge in [0.15, 0.2) is 0 Å². The number of aromatic nitrogens is 1. The molecule has 136 valence electrons. The van der Waals surface area contributed by atoms with Crippen LogP contribution in [0.1, 0.15) is 38.5 Å². The van der Waals surface area contributed by atoms with Crippen molar-refractivity contribution in [1.82, 2.24) is 10.3 Å². The molecule has 1 aromatic carbocycles. The molecule has 0 bridgehead atoms. The molecule has 1 atom stereocenters. The van der Waals surface area contributed by atoms with Crippen molar-refractivity contribution in [2.75, 3.05) is 13.2 Å². The number of amides is 1. The Morgan fingerprint density at radius 2 is 2.12 bits per heavy atom. The predicted molar refractivity (Wildman–Crippen MR) is 93.4 cm³/mol. The first kappa shape index (κ1) is 17.9. The van der Waals surface area contributed by atoms with Crippen LogP contribution in [0.2, 0.25) is 0 Å². The highest BCUT2D eigenvalue weighted by Gasteiger charge is 2.19. The van der Waals surface area contributed by atoms with Crippen LogP contribution in [0, 0.1) is 6.92 Å². The Labute approximate surface area is 151 Å². The molecule has 1 aliphatic rings. The minimum Gasteiger partial charge on any atom is -0.488 e. The van der Waals surface area contributed by atoms with Gasteiger partial charge in [-0.25, -0.2) is 9.78 Å². The van der Waals surface area contributed by atoms with Crippen LogP contribution < -0.4 is 10.1 Å². The Bertz CT molecular complexity index is 815. The molecule has 0 radical (unpaired) electrons. The number of rotatable bonds is 6. The second-order valence-electron chi connectivity index (χ2n) is 6.11. The number of benzene rings is 1. The zero-order valence-corrected chi connectivity index (χ0v) is 14.4. The van der Waals surface area contributed by atoms with E-state index >= 15 is 0 Å². The van der Waals surface area contributed by atoms with E-state index in [1.807, 2.05) is 25.1 Å². The number of carbonyl (C=O) groups excluding carboxylic acids is 1. The standard InChI is InChI=1S/C19H20N2O5/c1-12-5-6-13(17(9-12)26-14-7-8-25-11-14)10-20-18(22)15-3-2-4-16(21-15)19(23)24/h2-6,9,14H,7-8,10-11H2,1H3,(H,20,22)(H,23,24). The van der Waals surface area contributed by atoms with E-state index in [2.05, 4.69) is 10.3 Å². The molecule has 1 aliphatic heterocycles. The van der Waals surface area contributed by atoms with Crippen LogP contribution in [0.15, 0.2) is 36.4 Å². The molecule has 0 spiro atoms. The molecule has 0 aliphatic carbocycles. The highest BCUT2D eigenvalue weighted by atomic mass is 16.5. The maximum atomic E-state index is 12.3. The molecule has 1 fully saturated rings. The van der Waals surface area contributed by atoms with Crippen molar-refractivity contribution >= 4 is 11.9 Å². The number of hydrogen-bond donors (Lipinski definition) is 2. The highest BCUT2D eigenvalue weighted by molar-refractivity contribution is 5.94. The van der Waals surface area contributed by atoms with Crippen molar-refractivity contribution in [3.63, 3.8) is 0 Å². The molecule has 2 N–H and O–H groups in total. The summed E-state index contributed by atoms with van der Waals surface area (Å²) in [6.45, 7) is 3.47. The molecule has 7 nitrogen and oxygen atoms in total. The molecule has 2 heterocycles. The molecule has 1 amide bonds. The monoisotopic (exact) mass is 356 g/mol. The molecule has 2 aromatic rings. The Kier molecular flexibility index (Phi) is 5.48. The summed E-state index contributed by atoms with van der Waals surface area (Å²) in [5, 5.41) is 11.7. The lowest BCUT2D eigenvalue weighted by molar-refractivity contribution is 0.0690. The average Bonchev–Trinajstić information content (AvgIpc) is 3.14. The van der Waals surface area contributed by atoms with Crippen LogP contribution in [0.5, 0.6) is 5.75 Å². The third kappa shape index (κ3) is 4.37. The van der Waals surface area contributed by atoms with Gasteiger partial charge < -0.3 is 19.9 Å². The van der Waals surface area contributed by atoms with Crippen molar-refractivity contribution in [2.45, 2.75) is 26.0 Å². The van der Waals surface area contributed by atoms with Crippen LogP contribution in [-0.2, 0) is 11.3 Å². The molecule has 1 aromatic heterocycles. The van der Waals surface area contributed by atoms with E-state index in [1.165, 1.54) is 18.2 Å². The summed E-state index contributed by atoms with van der Waals surface area (Å²) >= 11 is 0. The predicted octanol–water partition coefficient (Wildman–Crippen LogP) is 2.19. The van der Waals surface area contributed by atoms with E-state index < -0.39 is 11.9 Å². The van der Waals surface area contributed by atoms with Gasteiger partial charge in [0, 0.05) is 18.5 Å². The first-order valence-corrected chi connectivity index (χ1v) is 8.35. The molecular weight excluding hydrogens is 336 g/mol. The molecule has 7 heteroatoms. The fourth-order valence-electron chi connectivity index (χ4n) is 2.65. The summed E-state index contributed by atoms with van der Waals surface area (Å²) in [7, 11) is 0. The SMILES string of the molecule is Cc1ccc(CNC(=O)c2cccc(C(=O)O)n2)c(OC2CCOC2)c1. The van der Waals surface area contributed by atoms with E-state index in [0.29, 0.717) is 19.0 Å². The van der Waals surface area contributed by atoms with Gasteiger partial charge in [0.1, 0.15) is 23.2 Å². The third-order valence-electron chi connectivity index (χ3n) is 4.04. The number of carbonyl (C=O) groups is 2. The third-order valence-corrected chi connectivity index (χ3v) is 4.04. The van der Waals surface area contributed by atoms with Crippen molar-refractivity contribution in [2.24, 2.45) is 0 Å². The maximum Gasteiger partial charge on any atom is 0.354 e. The number of carboxylic acids is 1. The fourth-order valence-corrected chi connectivity index (χ4v) is 2.65. The Morgan fingerprint density at radius 1 is 1.31 bits per heavy atom. The molecule has 0 saturated carbocycles. The van der Waals surface area contributed by atoms with Crippen LogP contribution in [0.25, 0.3) is 0 Å². The first-order chi connectivity index (χ1) is 12.5. The number of carboxylic acid groups (broad SMARTS) is 1. The summed E-state index contributed by atoms with van der Waals surface area (Å²) in [4.78, 5) is 27.1. The molecule has 1 unspecified atom stereocenters. The van der Waals surface area contributed by atoms with E-state index in [-0.39, 0.29) is 24.0 Å². The van der Waals surface area contributed by atoms with E-state index in [0.717, 1.165) is 17.5 Å². The topological polar surface area (TPSA) is 97.8 Å². The number of nitrogens with one attached hydrogen (secondary N) is 1. The number of aromatic carboxylic acids is 1. The van der Waals surface area contributed by atoms with Gasteiger partial charge in [-0.3, -0.25) is 4.79 Å². The van der Waals surface area contributed by atoms with Crippen LogP contribution in [0.3, 0.4) is 0 Å². The Balaban J connectivity index is 1.69. The maximum absolute atomic E-state index is 12.3. The van der Waals surface area contributed by atoms with Crippen LogP contribution in [-0.4, -0.2) is 41.3 Å². The Hall–Kier alpha value is -2.93. The Morgan fingerprint density at radius 3 is 2.85 bits per heavy atom. The number of aryl methyl sites for hydroxylation is 1. The van der Waals surface area contributed by atoms with Gasteiger partial charge in [0.05, 0.1) is 13.2 Å². The minimum atomic E-state index is -1.17. The van der Waals surface area contributed by atoms with Gasteiger partial charge in [-0.05, 0) is 30.7 Å². The lowest BCUT2D eigenvalue weighted by Gasteiger charge is -2.16. The summed E-state index contributed by atoms with van der Waals surface area (Å²) in [6.07, 6.45) is 0.853. The van der Waals surface area contributed by atoms with Crippen molar-refractivity contribution in [1.29, 1.82) is 0 Å². The van der Waals surface area contributed by atoms with E-state index in [9.17, 15) is 9.59 Å². The van der Waals surface area contributed by atoms with Crippen LogP contribution >= 0.6 is 0 Å². The highest BCUT2D eigenvalue weighted by Crippen LogP contribution is 2.23. The summed E-state index contributed by atoms with van der Waals surface area (Å²) < 4.78 is 11.3. The zero-order chi connectivity index (χ0) is 18.5. The average molecular weight is 356 g/mol. The normalized spacial score (nSPS) is 16.3. The van der Waals surface area contributed by atoms with Crippen molar-refractivity contribution in [3.05, 3.63) is 58.9 Å². The summed E-state index contributed by atoms with van der Waals surface area (Å²) in [6, 6.07) is 10.1. The lowest BCUT2D eigenvalue weighted by atomic mass is 10.1. The summed E-state index contributed by atoms with van der Waals surface area (Å²) in [5.41, 5.74) is 1.79. The number of nitrogens with zero attached hydrogens (tertiary/aromatic N) is 1. The smallest absolute Gasteiger partial charge is 0.354 e. The first-order valence-electron chi connectivity index (χ1n) is 8.35. The molecule has 26 heavy (non-hydrogen) atoms. The van der Waals surface area contributed by atoms with Gasteiger partial charge in [-0.1, -0.05) is 18.2 Å². The van der Waals surface area contributed by atoms with Crippen LogP contribution in [0.4, 0.5) is 0 Å². The number of pyridine rings is 1. The van der Waals surface area contributed by atoms with Gasteiger partial charge in [-0.15, -0.1) is 0 Å². The van der Waals surface area contributed by atoms with Crippen molar-refractivity contribution < 1.29 is 24.2 Å². The zero-order valence-electron chi connectivity index (χ0n) is 14.4. The minimum absolute atomic E-state index is 0.0140. The van der Waals surface area contributed by atoms with Gasteiger partial charge in [0.2, 0.25) is 0 Å². The largest absolute Gasteiger partial charge is 0.488 e. The quantitative estimate of drug-likeness (QED) is 0.823. The second kappa shape index (κ2) is 7.97. The van der Waals surface area contributed by atoms with Gasteiger partial charge in [0.25, 0.3) is 5.91 Å². The fraction of sp³-hybridized carbons (Fsp3) is 0.316. The molecule has 1 saturated heterocycles. The molecular formula is C19H20N2O5. The van der Waals surface area contributed by atoms with E-state index in [1.54, 1.807) is 0 Å². The number of hydrogen-bond acceptors (Lipinski definition) is 5. The van der Waals surface area contributed by atoms with E-state index in [4.69, 9.17) is 14.6 Å². The van der Waals surface area contributed by atoms with Crippen molar-refractivity contribution in [3.8, 4) is 5.75 Å². The summed E-state index contributed by atoms with van der Waals surface area (Å²) in [5.74, 6) is -0.899. The lowest BCUT2D eigenvalue weighted by Crippen LogP contribution is -2.25. The number of ether oxygens (including phenoxy) is 2. The molecule has 3 rings (SSSR count). The van der Waals surface area contributed by atoms with Gasteiger partial charge >= 0.3 is 5.97 Å². The second-order valence-corrected chi connectivity index (χ2v) is 6.11. The van der Waals surface area contributed by atoms with Gasteiger partial charge in [-0.2, -0.15) is 0 Å².